The van der Waals surface area contributed by atoms with Crippen molar-refractivity contribution in [3.63, 3.8) is 0 Å². The molecule has 3 unspecified atom stereocenters. The Labute approximate surface area is 205 Å². The summed E-state index contributed by atoms with van der Waals surface area (Å²) in [7, 11) is 0. The van der Waals surface area contributed by atoms with E-state index in [0.29, 0.717) is 24.3 Å². The van der Waals surface area contributed by atoms with Gasteiger partial charge in [0.05, 0.1) is 17.8 Å². The molecule has 1 aromatic heterocycles. The Morgan fingerprint density at radius 2 is 1.89 bits per heavy atom. The average Bonchev–Trinajstić information content (AvgIpc) is 3.32. The standard InChI is InChI=1S/C25H28F4N4O3/c1-14(33-17-4-7-21(26)20(11-17)25(27,28)29)32-16-2-5-18(6-3-16)36-19-8-9-30-23(12-19)22-10-15(13-31-22)24(34)35/h2-3,5-7,10-14,17,23-24,30-35H,4,8-9H2,1H3. The fourth-order valence-corrected chi connectivity index (χ4v) is 4.14. The molecule has 3 atom stereocenters. The van der Waals surface area contributed by atoms with Crippen LogP contribution in [0.3, 0.4) is 0 Å². The van der Waals surface area contributed by atoms with Crippen molar-refractivity contribution < 1.29 is 32.5 Å². The Kier molecular flexibility index (Phi) is 7.84. The Balaban J connectivity index is 1.32. The second kappa shape index (κ2) is 10.9. The SMILES string of the molecule is CC(Nc1ccc(OC2=CC(c3cc(C(O)O)c[nH]3)NCC2)cc1)NC1C=C(C(F)(F)F)C(F)=CC1. The lowest BCUT2D eigenvalue weighted by Crippen LogP contribution is -2.41. The monoisotopic (exact) mass is 508 g/mol. The van der Waals surface area contributed by atoms with Crippen molar-refractivity contribution in [2.24, 2.45) is 0 Å². The molecular weight excluding hydrogens is 480 g/mol. The topological polar surface area (TPSA) is 102 Å². The van der Waals surface area contributed by atoms with Crippen LogP contribution in [0, 0.1) is 0 Å². The number of aromatic amines is 1. The zero-order valence-electron chi connectivity index (χ0n) is 19.4. The van der Waals surface area contributed by atoms with Gasteiger partial charge in [0, 0.05) is 42.1 Å². The number of nitrogens with one attached hydrogen (secondary N) is 4. The molecule has 2 aliphatic rings. The number of aliphatic hydroxyl groups excluding tert-OH is 1. The lowest BCUT2D eigenvalue weighted by Gasteiger charge is -2.25. The molecule has 194 valence electrons. The van der Waals surface area contributed by atoms with Crippen LogP contribution in [0.5, 0.6) is 5.75 Å². The summed E-state index contributed by atoms with van der Waals surface area (Å²) in [4.78, 5) is 3.03. The minimum absolute atomic E-state index is 0.125. The molecule has 11 heteroatoms. The lowest BCUT2D eigenvalue weighted by atomic mass is 10.0. The molecule has 0 amide bonds. The molecule has 36 heavy (non-hydrogen) atoms. The molecule has 4 rings (SSSR count). The number of hydrogen-bond donors (Lipinski definition) is 6. The maximum Gasteiger partial charge on any atom is 0.418 e. The van der Waals surface area contributed by atoms with Crippen LogP contribution < -0.4 is 20.7 Å². The van der Waals surface area contributed by atoms with E-state index in [-0.39, 0.29) is 18.6 Å². The number of aromatic nitrogens is 1. The third-order valence-corrected chi connectivity index (χ3v) is 5.88. The molecule has 6 N–H and O–H groups in total. The number of hydrogen-bond acceptors (Lipinski definition) is 6. The van der Waals surface area contributed by atoms with Gasteiger partial charge in [-0.05, 0) is 55.8 Å². The predicted octanol–water partition coefficient (Wildman–Crippen LogP) is 4.46. The van der Waals surface area contributed by atoms with Crippen LogP contribution in [0.15, 0.2) is 71.9 Å². The van der Waals surface area contributed by atoms with E-state index >= 15 is 0 Å². The quantitative estimate of drug-likeness (QED) is 0.233. The van der Waals surface area contributed by atoms with E-state index in [1.54, 1.807) is 43.5 Å². The zero-order chi connectivity index (χ0) is 25.9. The maximum absolute atomic E-state index is 13.5. The van der Waals surface area contributed by atoms with Gasteiger partial charge in [0.15, 0.2) is 6.29 Å². The van der Waals surface area contributed by atoms with Crippen molar-refractivity contribution in [2.45, 2.75) is 50.5 Å². The molecule has 7 nitrogen and oxygen atoms in total. The molecule has 0 radical (unpaired) electrons. The third-order valence-electron chi connectivity index (χ3n) is 5.88. The molecule has 0 bridgehead atoms. The summed E-state index contributed by atoms with van der Waals surface area (Å²) in [6, 6.07) is 8.02. The van der Waals surface area contributed by atoms with Crippen LogP contribution in [-0.2, 0) is 0 Å². The van der Waals surface area contributed by atoms with Crippen LogP contribution in [0.25, 0.3) is 0 Å². The summed E-state index contributed by atoms with van der Waals surface area (Å²) in [6.45, 7) is 2.45. The molecule has 1 aliphatic carbocycles. The fourth-order valence-electron chi connectivity index (χ4n) is 4.14. The maximum atomic E-state index is 13.5. The molecule has 0 fully saturated rings. The van der Waals surface area contributed by atoms with Crippen molar-refractivity contribution >= 4 is 5.69 Å². The summed E-state index contributed by atoms with van der Waals surface area (Å²) in [5, 5.41) is 28.1. The first-order chi connectivity index (χ1) is 17.1. The number of anilines is 1. The molecule has 2 heterocycles. The summed E-state index contributed by atoms with van der Waals surface area (Å²) < 4.78 is 58.4. The second-order valence-corrected chi connectivity index (χ2v) is 8.71. The minimum atomic E-state index is -4.73. The van der Waals surface area contributed by atoms with Crippen LogP contribution in [0.4, 0.5) is 23.2 Å². The Hall–Kier alpha value is -3.12. The first kappa shape index (κ1) is 26.0. The Morgan fingerprint density at radius 3 is 2.56 bits per heavy atom. The summed E-state index contributed by atoms with van der Waals surface area (Å²) in [5.41, 5.74) is 0.646. The van der Waals surface area contributed by atoms with Gasteiger partial charge in [-0.3, -0.25) is 5.32 Å². The van der Waals surface area contributed by atoms with Crippen molar-refractivity contribution in [1.82, 2.24) is 15.6 Å². The van der Waals surface area contributed by atoms with Crippen LogP contribution >= 0.6 is 0 Å². The summed E-state index contributed by atoms with van der Waals surface area (Å²) in [5.74, 6) is 0.144. The Morgan fingerprint density at radius 1 is 1.14 bits per heavy atom. The van der Waals surface area contributed by atoms with E-state index < -0.39 is 29.9 Å². The number of alkyl halides is 3. The predicted molar refractivity (Wildman–Crippen MR) is 126 cm³/mol. The van der Waals surface area contributed by atoms with E-state index in [1.807, 2.05) is 6.08 Å². The molecule has 2 aromatic rings. The van der Waals surface area contributed by atoms with Gasteiger partial charge in [0.2, 0.25) is 0 Å². The van der Waals surface area contributed by atoms with Gasteiger partial charge in [0.25, 0.3) is 0 Å². The first-order valence-corrected chi connectivity index (χ1v) is 11.5. The molecule has 0 saturated heterocycles. The number of ether oxygens (including phenoxy) is 1. The normalized spacial score (nSPS) is 21.5. The number of halogens is 4. The molecule has 0 saturated carbocycles. The van der Waals surface area contributed by atoms with Crippen molar-refractivity contribution in [1.29, 1.82) is 0 Å². The van der Waals surface area contributed by atoms with E-state index in [2.05, 4.69) is 20.9 Å². The smallest absolute Gasteiger partial charge is 0.418 e. The zero-order valence-corrected chi connectivity index (χ0v) is 19.4. The van der Waals surface area contributed by atoms with E-state index in [0.717, 1.165) is 29.3 Å². The van der Waals surface area contributed by atoms with Gasteiger partial charge in [-0.25, -0.2) is 4.39 Å². The van der Waals surface area contributed by atoms with Gasteiger partial charge in [0.1, 0.15) is 17.3 Å². The van der Waals surface area contributed by atoms with Crippen LogP contribution in [0.1, 0.15) is 43.4 Å². The van der Waals surface area contributed by atoms with Gasteiger partial charge in [-0.15, -0.1) is 0 Å². The second-order valence-electron chi connectivity index (χ2n) is 8.71. The lowest BCUT2D eigenvalue weighted by molar-refractivity contribution is -0.0918. The van der Waals surface area contributed by atoms with E-state index in [9.17, 15) is 27.8 Å². The molecular formula is C25H28F4N4O3. The van der Waals surface area contributed by atoms with Crippen molar-refractivity contribution in [3.8, 4) is 5.75 Å². The molecule has 0 spiro atoms. The Bertz CT molecular complexity index is 1140. The summed E-state index contributed by atoms with van der Waals surface area (Å²) in [6.07, 6.45) is -0.556. The first-order valence-electron chi connectivity index (χ1n) is 11.5. The van der Waals surface area contributed by atoms with Crippen LogP contribution in [0.2, 0.25) is 0 Å². The molecule has 1 aromatic carbocycles. The summed E-state index contributed by atoms with van der Waals surface area (Å²) >= 11 is 0. The number of H-pyrrole nitrogens is 1. The van der Waals surface area contributed by atoms with Crippen molar-refractivity contribution in [2.75, 3.05) is 11.9 Å². The highest BCUT2D eigenvalue weighted by Crippen LogP contribution is 2.35. The third kappa shape index (κ3) is 6.55. The number of allylic oxidation sites excluding steroid dienone is 2. The van der Waals surface area contributed by atoms with E-state index in [1.165, 1.54) is 0 Å². The number of benzene rings is 1. The average molecular weight is 509 g/mol. The number of aliphatic hydroxyl groups is 2. The van der Waals surface area contributed by atoms with Gasteiger partial charge >= 0.3 is 6.18 Å². The molecule has 1 aliphatic heterocycles. The highest BCUT2D eigenvalue weighted by atomic mass is 19.4. The van der Waals surface area contributed by atoms with Gasteiger partial charge in [-0.2, -0.15) is 13.2 Å². The fraction of sp³-hybridized carbons (Fsp3) is 0.360. The van der Waals surface area contributed by atoms with Gasteiger partial charge < -0.3 is 30.6 Å². The minimum Gasteiger partial charge on any atom is -0.462 e. The van der Waals surface area contributed by atoms with Crippen molar-refractivity contribution in [3.05, 3.63) is 83.2 Å². The number of rotatable bonds is 8. The van der Waals surface area contributed by atoms with Crippen LogP contribution in [-0.4, -0.2) is 40.1 Å². The highest BCUT2D eigenvalue weighted by molar-refractivity contribution is 5.47. The highest BCUT2D eigenvalue weighted by Gasteiger charge is 2.38. The van der Waals surface area contributed by atoms with Gasteiger partial charge in [-0.1, -0.05) is 6.08 Å². The largest absolute Gasteiger partial charge is 0.462 e. The van der Waals surface area contributed by atoms with E-state index in [4.69, 9.17) is 4.74 Å².